The van der Waals surface area contributed by atoms with Crippen molar-refractivity contribution in [1.82, 2.24) is 0 Å². The number of ketones is 1. The quantitative estimate of drug-likeness (QED) is 0.271. The van der Waals surface area contributed by atoms with E-state index in [0.717, 1.165) is 5.56 Å². The maximum Gasteiger partial charge on any atom is 0.300 e. The summed E-state index contributed by atoms with van der Waals surface area (Å²) in [6.45, 7) is 6.41. The number of aryl methyl sites for hydroxylation is 1. The van der Waals surface area contributed by atoms with Crippen LogP contribution in [0.15, 0.2) is 72.3 Å². The number of rotatable bonds is 6. The molecule has 1 unspecified atom stereocenters. The van der Waals surface area contributed by atoms with Gasteiger partial charge in [0, 0.05) is 11.3 Å². The monoisotopic (exact) mass is 477 g/mol. The molecule has 0 aromatic heterocycles. The van der Waals surface area contributed by atoms with Gasteiger partial charge in [0.25, 0.3) is 11.7 Å². The summed E-state index contributed by atoms with van der Waals surface area (Å²) in [6.07, 6.45) is 0. The van der Waals surface area contributed by atoms with Gasteiger partial charge in [0.1, 0.15) is 23.1 Å². The Labute approximate surface area is 202 Å². The van der Waals surface area contributed by atoms with E-state index < -0.39 is 29.4 Å². The Hall–Kier alpha value is -4.00. The van der Waals surface area contributed by atoms with Crippen LogP contribution in [0.4, 0.5) is 14.5 Å². The second kappa shape index (κ2) is 9.70. The lowest BCUT2D eigenvalue weighted by molar-refractivity contribution is -0.132. The number of carbonyl (C=O) groups excluding carboxylic acids is 2. The number of anilines is 1. The Balaban J connectivity index is 1.84. The highest BCUT2D eigenvalue weighted by Gasteiger charge is 2.47. The van der Waals surface area contributed by atoms with Crippen molar-refractivity contribution in [3.8, 4) is 5.75 Å². The van der Waals surface area contributed by atoms with Crippen molar-refractivity contribution in [3.05, 3.63) is 101 Å². The van der Waals surface area contributed by atoms with Gasteiger partial charge in [0.05, 0.1) is 18.2 Å². The molecule has 4 rings (SSSR count). The zero-order valence-electron chi connectivity index (χ0n) is 19.6. The molecule has 35 heavy (non-hydrogen) atoms. The van der Waals surface area contributed by atoms with Crippen LogP contribution in [0.2, 0.25) is 0 Å². The number of carbonyl (C=O) groups is 2. The van der Waals surface area contributed by atoms with Gasteiger partial charge < -0.3 is 9.84 Å². The van der Waals surface area contributed by atoms with Crippen molar-refractivity contribution in [2.45, 2.75) is 26.8 Å². The molecule has 1 fully saturated rings. The molecule has 1 amide bonds. The van der Waals surface area contributed by atoms with E-state index in [2.05, 4.69) is 0 Å². The van der Waals surface area contributed by atoms with Crippen molar-refractivity contribution in [3.63, 3.8) is 0 Å². The summed E-state index contributed by atoms with van der Waals surface area (Å²) >= 11 is 0. The van der Waals surface area contributed by atoms with E-state index in [1.165, 1.54) is 53.4 Å². The smallest absolute Gasteiger partial charge is 0.300 e. The number of nitrogens with zero attached hydrogens (tertiary/aromatic N) is 1. The van der Waals surface area contributed by atoms with Crippen LogP contribution in [0, 0.1) is 24.5 Å². The molecule has 1 aliphatic heterocycles. The van der Waals surface area contributed by atoms with Crippen molar-refractivity contribution >= 4 is 23.1 Å². The lowest BCUT2D eigenvalue weighted by Gasteiger charge is -2.25. The third-order valence-electron chi connectivity index (χ3n) is 5.76. The molecule has 0 bridgehead atoms. The third kappa shape index (κ3) is 4.80. The minimum Gasteiger partial charge on any atom is -0.507 e. The fourth-order valence-electron chi connectivity index (χ4n) is 4.03. The van der Waals surface area contributed by atoms with E-state index in [1.54, 1.807) is 18.2 Å². The van der Waals surface area contributed by atoms with Crippen molar-refractivity contribution < 1.29 is 28.2 Å². The number of aliphatic hydroxyl groups excluding tert-OH is 1. The summed E-state index contributed by atoms with van der Waals surface area (Å²) in [4.78, 5) is 27.5. The first-order valence-corrected chi connectivity index (χ1v) is 11.2. The molecule has 0 aliphatic carbocycles. The Kier molecular flexibility index (Phi) is 6.69. The molecule has 1 aliphatic rings. The molecule has 0 spiro atoms. The van der Waals surface area contributed by atoms with Gasteiger partial charge in [-0.25, -0.2) is 8.78 Å². The molecule has 1 saturated heterocycles. The second-order valence-electron chi connectivity index (χ2n) is 8.88. The van der Waals surface area contributed by atoms with Crippen LogP contribution in [0.3, 0.4) is 0 Å². The Morgan fingerprint density at radius 1 is 0.971 bits per heavy atom. The highest BCUT2D eigenvalue weighted by atomic mass is 19.1. The van der Waals surface area contributed by atoms with Gasteiger partial charge >= 0.3 is 0 Å². The zero-order valence-corrected chi connectivity index (χ0v) is 19.6. The number of aliphatic hydroxyl groups is 1. The maximum absolute atomic E-state index is 13.6. The molecule has 180 valence electrons. The van der Waals surface area contributed by atoms with Gasteiger partial charge in [-0.1, -0.05) is 26.0 Å². The molecule has 0 radical (unpaired) electrons. The van der Waals surface area contributed by atoms with E-state index in [1.807, 2.05) is 20.8 Å². The van der Waals surface area contributed by atoms with Gasteiger partial charge in [-0.05, 0) is 78.6 Å². The molecule has 3 aromatic rings. The van der Waals surface area contributed by atoms with Crippen molar-refractivity contribution in [2.75, 3.05) is 11.5 Å². The number of ether oxygens (including phenoxy) is 1. The lowest BCUT2D eigenvalue weighted by Crippen LogP contribution is -2.29. The molecule has 7 heteroatoms. The summed E-state index contributed by atoms with van der Waals surface area (Å²) in [5, 5.41) is 11.2. The number of hydrogen-bond donors (Lipinski definition) is 1. The molecule has 0 saturated carbocycles. The van der Waals surface area contributed by atoms with E-state index in [9.17, 15) is 23.5 Å². The first kappa shape index (κ1) is 24.1. The number of hydrogen-bond acceptors (Lipinski definition) is 4. The summed E-state index contributed by atoms with van der Waals surface area (Å²) < 4.78 is 33.0. The Bertz CT molecular complexity index is 1300. The number of benzene rings is 3. The molecule has 1 N–H and O–H groups in total. The summed E-state index contributed by atoms with van der Waals surface area (Å²) in [7, 11) is 0. The topological polar surface area (TPSA) is 66.8 Å². The average molecular weight is 478 g/mol. The Morgan fingerprint density at radius 2 is 1.57 bits per heavy atom. The minimum atomic E-state index is -1.03. The predicted molar refractivity (Wildman–Crippen MR) is 129 cm³/mol. The lowest BCUT2D eigenvalue weighted by atomic mass is 9.94. The fourth-order valence-corrected chi connectivity index (χ4v) is 4.03. The Morgan fingerprint density at radius 3 is 2.14 bits per heavy atom. The van der Waals surface area contributed by atoms with Crippen LogP contribution in [-0.2, 0) is 9.59 Å². The first-order valence-electron chi connectivity index (χ1n) is 11.2. The number of Topliss-reactive ketones (excluding diaryl/α,β-unsaturated/α-hetero) is 1. The van der Waals surface area contributed by atoms with Crippen molar-refractivity contribution in [2.24, 2.45) is 5.92 Å². The van der Waals surface area contributed by atoms with Gasteiger partial charge in [0.15, 0.2) is 0 Å². The van der Waals surface area contributed by atoms with Gasteiger partial charge in [-0.15, -0.1) is 0 Å². The van der Waals surface area contributed by atoms with Crippen LogP contribution in [0.1, 0.15) is 36.6 Å². The normalized spacial score (nSPS) is 17.3. The van der Waals surface area contributed by atoms with Crippen LogP contribution >= 0.6 is 0 Å². The van der Waals surface area contributed by atoms with Gasteiger partial charge in [-0.3, -0.25) is 14.5 Å². The van der Waals surface area contributed by atoms with Gasteiger partial charge in [0.2, 0.25) is 0 Å². The summed E-state index contributed by atoms with van der Waals surface area (Å²) in [5.41, 5.74) is 1.64. The highest BCUT2D eigenvalue weighted by molar-refractivity contribution is 6.51. The standard InChI is InChI=1S/C28H25F2NO4/c1-16(2)15-35-23-13-6-19(14-17(23)3)26(32)24-25(18-4-7-20(29)8-5-18)31(28(34)27(24)33)22-11-9-21(30)10-12-22/h4-14,16,25,32H,15H2,1-3H3/b26-24-. The molecule has 1 atom stereocenters. The van der Waals surface area contributed by atoms with Crippen LogP contribution < -0.4 is 9.64 Å². The molecule has 1 heterocycles. The largest absolute Gasteiger partial charge is 0.507 e. The second-order valence-corrected chi connectivity index (χ2v) is 8.88. The maximum atomic E-state index is 13.6. The SMILES string of the molecule is Cc1cc(/C(O)=C2/C(=O)C(=O)N(c3ccc(F)cc3)C2c2ccc(F)cc2)ccc1OCC(C)C. The summed E-state index contributed by atoms with van der Waals surface area (Å²) in [5.74, 6) is -2.13. The van der Waals surface area contributed by atoms with Crippen molar-refractivity contribution in [1.29, 1.82) is 0 Å². The van der Waals surface area contributed by atoms with E-state index >= 15 is 0 Å². The van der Waals surface area contributed by atoms with Gasteiger partial charge in [-0.2, -0.15) is 0 Å². The van der Waals surface area contributed by atoms with E-state index in [-0.39, 0.29) is 17.0 Å². The minimum absolute atomic E-state index is 0.138. The summed E-state index contributed by atoms with van der Waals surface area (Å²) in [6, 6.07) is 14.4. The molecular weight excluding hydrogens is 452 g/mol. The zero-order chi connectivity index (χ0) is 25.3. The molecular formula is C28H25F2NO4. The van der Waals surface area contributed by atoms with Crippen LogP contribution in [-0.4, -0.2) is 23.4 Å². The molecule has 5 nitrogen and oxygen atoms in total. The van der Waals surface area contributed by atoms with Crippen LogP contribution in [0.25, 0.3) is 5.76 Å². The molecule has 3 aromatic carbocycles. The fraction of sp³-hybridized carbons (Fsp3) is 0.214. The van der Waals surface area contributed by atoms with E-state index in [4.69, 9.17) is 4.74 Å². The number of halogens is 2. The first-order chi connectivity index (χ1) is 16.7. The van der Waals surface area contributed by atoms with E-state index in [0.29, 0.717) is 29.4 Å². The number of amides is 1. The average Bonchev–Trinajstić information content (AvgIpc) is 3.09. The predicted octanol–water partition coefficient (Wildman–Crippen LogP) is 5.93. The van der Waals surface area contributed by atoms with Crippen LogP contribution in [0.5, 0.6) is 5.75 Å². The highest BCUT2D eigenvalue weighted by Crippen LogP contribution is 2.42. The third-order valence-corrected chi connectivity index (χ3v) is 5.76.